The van der Waals surface area contributed by atoms with E-state index in [1.807, 2.05) is 0 Å². The highest BCUT2D eigenvalue weighted by Crippen LogP contribution is 2.29. The zero-order chi connectivity index (χ0) is 17.3. The van der Waals surface area contributed by atoms with Crippen molar-refractivity contribution in [1.82, 2.24) is 10.3 Å². The first-order valence-electron chi connectivity index (χ1n) is 7.41. The Balaban J connectivity index is 1.92. The normalized spacial score (nSPS) is 18.0. The molecule has 5 nitrogen and oxygen atoms in total. The molecule has 0 radical (unpaired) electrons. The SMILES string of the molecule is CN(c1cc(F)c(S(=O)(=O)Cc2cscn2)c(F)c1)[C@H]1CCNC1. The van der Waals surface area contributed by atoms with Gasteiger partial charge in [0.2, 0.25) is 0 Å². The van der Waals surface area contributed by atoms with E-state index in [0.29, 0.717) is 5.69 Å². The number of anilines is 1. The number of nitrogens with one attached hydrogen (secondary N) is 1. The van der Waals surface area contributed by atoms with Gasteiger partial charge in [-0.25, -0.2) is 22.2 Å². The average molecular weight is 373 g/mol. The molecule has 0 spiro atoms. The molecule has 1 aromatic carbocycles. The van der Waals surface area contributed by atoms with E-state index in [2.05, 4.69) is 10.3 Å². The molecule has 0 aliphatic carbocycles. The number of halogens is 2. The van der Waals surface area contributed by atoms with Gasteiger partial charge in [0.15, 0.2) is 9.84 Å². The van der Waals surface area contributed by atoms with Crippen molar-refractivity contribution in [1.29, 1.82) is 0 Å². The van der Waals surface area contributed by atoms with Gasteiger partial charge < -0.3 is 10.2 Å². The predicted octanol–water partition coefficient (Wildman–Crippen LogP) is 2.19. The Morgan fingerprint density at radius 3 is 2.62 bits per heavy atom. The molecule has 1 N–H and O–H groups in total. The maximum Gasteiger partial charge on any atom is 0.189 e. The summed E-state index contributed by atoms with van der Waals surface area (Å²) in [6, 6.07) is 2.28. The summed E-state index contributed by atoms with van der Waals surface area (Å²) in [5.41, 5.74) is 2.08. The predicted molar refractivity (Wildman–Crippen MR) is 89.0 cm³/mol. The van der Waals surface area contributed by atoms with Crippen LogP contribution in [0, 0.1) is 11.6 Å². The van der Waals surface area contributed by atoms with E-state index in [-0.39, 0.29) is 11.7 Å². The van der Waals surface area contributed by atoms with Crippen LogP contribution in [0.1, 0.15) is 12.1 Å². The molecule has 9 heteroatoms. The van der Waals surface area contributed by atoms with Crippen LogP contribution in [0.15, 0.2) is 27.9 Å². The minimum atomic E-state index is -4.14. The number of hydrogen-bond acceptors (Lipinski definition) is 6. The highest BCUT2D eigenvalue weighted by atomic mass is 32.2. The second-order valence-electron chi connectivity index (χ2n) is 5.73. The Kier molecular flexibility index (Phi) is 4.84. The standard InChI is InChI=1S/C15H17F2N3O2S2/c1-20(11-2-3-18-6-11)12-4-13(16)15(14(17)5-12)24(21,22)8-10-7-23-9-19-10/h4-5,7,9,11,18H,2-3,6,8H2,1H3/t11-/m0/s1. The molecule has 1 aliphatic rings. The maximum absolute atomic E-state index is 14.4. The summed E-state index contributed by atoms with van der Waals surface area (Å²) in [5.74, 6) is -2.66. The molecule has 1 atom stereocenters. The minimum absolute atomic E-state index is 0.126. The smallest absolute Gasteiger partial charge is 0.189 e. The van der Waals surface area contributed by atoms with Crippen molar-refractivity contribution < 1.29 is 17.2 Å². The van der Waals surface area contributed by atoms with Gasteiger partial charge >= 0.3 is 0 Å². The number of thiazole rings is 1. The summed E-state index contributed by atoms with van der Waals surface area (Å²) in [7, 11) is -2.40. The van der Waals surface area contributed by atoms with Gasteiger partial charge in [0.1, 0.15) is 16.5 Å². The van der Waals surface area contributed by atoms with Gasteiger partial charge in [-0.3, -0.25) is 0 Å². The van der Waals surface area contributed by atoms with Crippen LogP contribution in [-0.4, -0.2) is 39.6 Å². The van der Waals surface area contributed by atoms with E-state index in [9.17, 15) is 17.2 Å². The fraction of sp³-hybridized carbons (Fsp3) is 0.400. The van der Waals surface area contributed by atoms with Gasteiger partial charge in [-0.2, -0.15) is 0 Å². The zero-order valence-electron chi connectivity index (χ0n) is 13.0. The number of rotatable bonds is 5. The Morgan fingerprint density at radius 1 is 1.38 bits per heavy atom. The van der Waals surface area contributed by atoms with Crippen LogP contribution in [0.5, 0.6) is 0 Å². The third-order valence-corrected chi connectivity index (χ3v) is 6.43. The van der Waals surface area contributed by atoms with Crippen molar-refractivity contribution in [2.45, 2.75) is 23.1 Å². The van der Waals surface area contributed by atoms with Crippen LogP contribution in [0.4, 0.5) is 14.5 Å². The summed E-state index contributed by atoms with van der Waals surface area (Å²) in [4.78, 5) is 4.74. The molecule has 0 amide bonds. The number of sulfone groups is 1. The molecule has 1 aliphatic heterocycles. The Bertz CT molecular complexity index is 796. The first-order valence-corrected chi connectivity index (χ1v) is 10.0. The average Bonchev–Trinajstić information content (AvgIpc) is 3.17. The molecule has 0 unspecified atom stereocenters. The molecular formula is C15H17F2N3O2S2. The lowest BCUT2D eigenvalue weighted by Gasteiger charge is -2.26. The third kappa shape index (κ3) is 3.42. The van der Waals surface area contributed by atoms with Crippen LogP contribution in [0.25, 0.3) is 0 Å². The summed E-state index contributed by atoms with van der Waals surface area (Å²) in [6.07, 6.45) is 0.865. The molecule has 1 saturated heterocycles. The largest absolute Gasteiger partial charge is 0.370 e. The van der Waals surface area contributed by atoms with Crippen LogP contribution in [-0.2, 0) is 15.6 Å². The van der Waals surface area contributed by atoms with Gasteiger partial charge in [0, 0.05) is 30.7 Å². The van der Waals surface area contributed by atoms with E-state index in [0.717, 1.165) is 31.6 Å². The van der Waals surface area contributed by atoms with Crippen molar-refractivity contribution in [3.63, 3.8) is 0 Å². The number of nitrogens with zero attached hydrogens (tertiary/aromatic N) is 2. The Hall–Kier alpha value is -1.58. The first-order chi connectivity index (χ1) is 11.4. The quantitative estimate of drug-likeness (QED) is 0.871. The summed E-state index contributed by atoms with van der Waals surface area (Å²) < 4.78 is 53.5. The van der Waals surface area contributed by atoms with Crippen LogP contribution < -0.4 is 10.2 Å². The van der Waals surface area contributed by atoms with Crippen molar-refractivity contribution in [3.8, 4) is 0 Å². The molecule has 1 fully saturated rings. The zero-order valence-corrected chi connectivity index (χ0v) is 14.6. The lowest BCUT2D eigenvalue weighted by Crippen LogP contribution is -2.33. The molecule has 2 aromatic rings. The third-order valence-electron chi connectivity index (χ3n) is 4.10. The van der Waals surface area contributed by atoms with Gasteiger partial charge in [0.25, 0.3) is 0 Å². The van der Waals surface area contributed by atoms with Crippen molar-refractivity contribution in [2.24, 2.45) is 0 Å². The molecule has 1 aromatic heterocycles. The van der Waals surface area contributed by atoms with E-state index >= 15 is 0 Å². The second-order valence-corrected chi connectivity index (χ2v) is 8.38. The molecule has 0 saturated carbocycles. The van der Waals surface area contributed by atoms with E-state index < -0.39 is 32.1 Å². The maximum atomic E-state index is 14.4. The minimum Gasteiger partial charge on any atom is -0.370 e. The van der Waals surface area contributed by atoms with E-state index in [1.165, 1.54) is 16.8 Å². The van der Waals surface area contributed by atoms with Crippen LogP contribution >= 0.6 is 11.3 Å². The van der Waals surface area contributed by atoms with Crippen LogP contribution in [0.3, 0.4) is 0 Å². The van der Waals surface area contributed by atoms with Crippen LogP contribution in [0.2, 0.25) is 0 Å². The topological polar surface area (TPSA) is 62.3 Å². The second kappa shape index (κ2) is 6.73. The lowest BCUT2D eigenvalue weighted by molar-refractivity contribution is 0.517. The summed E-state index contributed by atoms with van der Waals surface area (Å²) >= 11 is 1.23. The number of aromatic nitrogens is 1. The molecular weight excluding hydrogens is 356 g/mol. The van der Waals surface area contributed by atoms with Gasteiger partial charge in [-0.1, -0.05) is 0 Å². The molecule has 130 valence electrons. The van der Waals surface area contributed by atoms with Gasteiger partial charge in [-0.05, 0) is 25.1 Å². The monoisotopic (exact) mass is 373 g/mol. The van der Waals surface area contributed by atoms with Gasteiger partial charge in [0.05, 0.1) is 17.0 Å². The van der Waals surface area contributed by atoms with Gasteiger partial charge in [-0.15, -0.1) is 11.3 Å². The molecule has 2 heterocycles. The van der Waals surface area contributed by atoms with E-state index in [1.54, 1.807) is 17.3 Å². The Morgan fingerprint density at radius 2 is 2.08 bits per heavy atom. The number of hydrogen-bond donors (Lipinski definition) is 1. The highest BCUT2D eigenvalue weighted by Gasteiger charge is 2.28. The molecule has 24 heavy (non-hydrogen) atoms. The first kappa shape index (κ1) is 17.2. The van der Waals surface area contributed by atoms with E-state index in [4.69, 9.17) is 0 Å². The fourth-order valence-corrected chi connectivity index (χ4v) is 4.87. The van der Waals surface area contributed by atoms with Crippen molar-refractivity contribution in [3.05, 3.63) is 40.4 Å². The number of likely N-dealkylation sites (N-methyl/N-ethyl adjacent to an activating group) is 1. The highest BCUT2D eigenvalue weighted by molar-refractivity contribution is 7.90. The molecule has 3 rings (SSSR count). The fourth-order valence-electron chi connectivity index (χ4n) is 2.80. The molecule has 0 bridgehead atoms. The van der Waals surface area contributed by atoms with Crippen molar-refractivity contribution >= 4 is 26.9 Å². The number of benzene rings is 1. The summed E-state index contributed by atoms with van der Waals surface area (Å²) in [5, 5.41) is 4.73. The van der Waals surface area contributed by atoms with Crippen molar-refractivity contribution in [2.75, 3.05) is 25.0 Å². The Labute approximate surface area is 143 Å². The lowest BCUT2D eigenvalue weighted by atomic mass is 10.2. The summed E-state index contributed by atoms with van der Waals surface area (Å²) in [6.45, 7) is 1.57.